The Bertz CT molecular complexity index is 691. The lowest BCUT2D eigenvalue weighted by Gasteiger charge is -2.41. The van der Waals surface area contributed by atoms with E-state index in [1.54, 1.807) is 7.11 Å². The number of hydrogen-bond acceptors (Lipinski definition) is 4. The zero-order valence-corrected chi connectivity index (χ0v) is 12.4. The SMILES string of the molecule is COc1ccccc1-c1ccc([C@H]2[C@H](C#N)N[C@@H]2CO)cc1. The Labute approximate surface area is 130 Å². The summed E-state index contributed by atoms with van der Waals surface area (Å²) in [6.07, 6.45) is 0. The summed E-state index contributed by atoms with van der Waals surface area (Å²) in [5.41, 5.74) is 3.18. The third-order valence-corrected chi connectivity index (χ3v) is 4.24. The van der Waals surface area contributed by atoms with Crippen LogP contribution in [0.2, 0.25) is 0 Å². The van der Waals surface area contributed by atoms with E-state index in [4.69, 9.17) is 10.00 Å². The molecule has 1 saturated heterocycles. The van der Waals surface area contributed by atoms with Crippen molar-refractivity contribution in [2.45, 2.75) is 18.0 Å². The molecular formula is C18H18N2O2. The lowest BCUT2D eigenvalue weighted by atomic mass is 9.78. The van der Waals surface area contributed by atoms with Gasteiger partial charge in [0.15, 0.2) is 0 Å². The quantitative estimate of drug-likeness (QED) is 0.908. The molecule has 0 spiro atoms. The highest BCUT2D eigenvalue weighted by molar-refractivity contribution is 5.70. The molecule has 1 aliphatic rings. The number of nitriles is 1. The van der Waals surface area contributed by atoms with Crippen LogP contribution in [-0.2, 0) is 0 Å². The highest BCUT2D eigenvalue weighted by Crippen LogP contribution is 2.34. The Balaban J connectivity index is 1.88. The molecule has 0 aliphatic carbocycles. The fourth-order valence-corrected chi connectivity index (χ4v) is 3.03. The number of para-hydroxylation sites is 1. The van der Waals surface area contributed by atoms with Crippen molar-refractivity contribution in [3.63, 3.8) is 0 Å². The summed E-state index contributed by atoms with van der Waals surface area (Å²) in [6.45, 7) is 0.0388. The van der Waals surface area contributed by atoms with E-state index in [2.05, 4.69) is 11.4 Å². The first kappa shape index (κ1) is 14.6. The van der Waals surface area contributed by atoms with Gasteiger partial charge in [-0.1, -0.05) is 42.5 Å². The summed E-state index contributed by atoms with van der Waals surface area (Å²) in [6, 6.07) is 18.0. The molecule has 1 fully saturated rings. The Kier molecular flexibility index (Phi) is 4.10. The van der Waals surface area contributed by atoms with E-state index in [0.29, 0.717) is 0 Å². The Morgan fingerprint density at radius 1 is 1.18 bits per heavy atom. The second-order valence-corrected chi connectivity index (χ2v) is 5.41. The van der Waals surface area contributed by atoms with Crippen LogP contribution in [0.25, 0.3) is 11.1 Å². The molecule has 22 heavy (non-hydrogen) atoms. The van der Waals surface area contributed by atoms with E-state index >= 15 is 0 Å². The maximum atomic E-state index is 9.34. The Morgan fingerprint density at radius 2 is 1.91 bits per heavy atom. The molecular weight excluding hydrogens is 276 g/mol. The zero-order chi connectivity index (χ0) is 15.5. The molecule has 1 heterocycles. The molecule has 2 N–H and O–H groups in total. The van der Waals surface area contributed by atoms with Crippen molar-refractivity contribution in [2.24, 2.45) is 0 Å². The molecule has 3 atom stereocenters. The average Bonchev–Trinajstić information content (AvgIpc) is 2.55. The van der Waals surface area contributed by atoms with Crippen LogP contribution in [0.5, 0.6) is 5.75 Å². The summed E-state index contributed by atoms with van der Waals surface area (Å²) < 4.78 is 5.39. The molecule has 0 aromatic heterocycles. The minimum Gasteiger partial charge on any atom is -0.496 e. The van der Waals surface area contributed by atoms with Gasteiger partial charge < -0.3 is 9.84 Å². The molecule has 0 saturated carbocycles. The highest BCUT2D eigenvalue weighted by atomic mass is 16.5. The van der Waals surface area contributed by atoms with Crippen LogP contribution in [-0.4, -0.2) is 30.9 Å². The third-order valence-electron chi connectivity index (χ3n) is 4.24. The monoisotopic (exact) mass is 294 g/mol. The van der Waals surface area contributed by atoms with Gasteiger partial charge in [0.2, 0.25) is 0 Å². The van der Waals surface area contributed by atoms with Gasteiger partial charge in [0, 0.05) is 17.5 Å². The second-order valence-electron chi connectivity index (χ2n) is 5.41. The summed E-state index contributed by atoms with van der Waals surface area (Å²) in [5, 5.41) is 21.5. The van der Waals surface area contributed by atoms with Crippen LogP contribution in [0.4, 0.5) is 0 Å². The predicted octanol–water partition coefficient (Wildman–Crippen LogP) is 2.30. The second kappa shape index (κ2) is 6.18. The highest BCUT2D eigenvalue weighted by Gasteiger charge is 2.41. The van der Waals surface area contributed by atoms with Crippen molar-refractivity contribution in [3.8, 4) is 22.9 Å². The minimum atomic E-state index is -0.228. The van der Waals surface area contributed by atoms with Crippen molar-refractivity contribution < 1.29 is 9.84 Å². The maximum Gasteiger partial charge on any atom is 0.126 e. The van der Waals surface area contributed by atoms with Crippen molar-refractivity contribution in [3.05, 3.63) is 54.1 Å². The molecule has 0 unspecified atom stereocenters. The first-order valence-electron chi connectivity index (χ1n) is 7.28. The lowest BCUT2D eigenvalue weighted by Crippen LogP contribution is -2.60. The van der Waals surface area contributed by atoms with E-state index < -0.39 is 0 Å². The number of nitrogens with one attached hydrogen (secondary N) is 1. The van der Waals surface area contributed by atoms with Gasteiger partial charge in [-0.25, -0.2) is 0 Å². The van der Waals surface area contributed by atoms with Crippen molar-refractivity contribution >= 4 is 0 Å². The predicted molar refractivity (Wildman–Crippen MR) is 84.6 cm³/mol. The van der Waals surface area contributed by atoms with Crippen molar-refractivity contribution in [2.75, 3.05) is 13.7 Å². The normalized spacial score (nSPS) is 23.4. The topological polar surface area (TPSA) is 65.3 Å². The van der Waals surface area contributed by atoms with E-state index in [-0.39, 0.29) is 24.6 Å². The number of aliphatic hydroxyl groups excluding tert-OH is 1. The van der Waals surface area contributed by atoms with Gasteiger partial charge >= 0.3 is 0 Å². The molecule has 0 radical (unpaired) electrons. The van der Waals surface area contributed by atoms with Crippen molar-refractivity contribution in [1.82, 2.24) is 5.32 Å². The number of aliphatic hydroxyl groups is 1. The number of methoxy groups -OCH3 is 1. The smallest absolute Gasteiger partial charge is 0.126 e. The average molecular weight is 294 g/mol. The van der Waals surface area contributed by atoms with Gasteiger partial charge in [0.05, 0.1) is 19.8 Å². The van der Waals surface area contributed by atoms with Gasteiger partial charge in [0.25, 0.3) is 0 Å². The molecule has 4 heteroatoms. The van der Waals surface area contributed by atoms with Gasteiger partial charge in [-0.2, -0.15) is 5.26 Å². The van der Waals surface area contributed by atoms with Crippen LogP contribution in [0.3, 0.4) is 0 Å². The molecule has 3 rings (SSSR count). The molecule has 2 aromatic carbocycles. The summed E-state index contributed by atoms with van der Waals surface area (Å²) in [7, 11) is 1.66. The first-order chi connectivity index (χ1) is 10.8. The zero-order valence-electron chi connectivity index (χ0n) is 12.4. The summed E-state index contributed by atoms with van der Waals surface area (Å²) >= 11 is 0. The largest absolute Gasteiger partial charge is 0.496 e. The number of ether oxygens (including phenoxy) is 1. The van der Waals surface area contributed by atoms with E-state index in [9.17, 15) is 5.11 Å². The molecule has 112 valence electrons. The molecule has 2 aromatic rings. The molecule has 0 amide bonds. The molecule has 0 bridgehead atoms. The van der Waals surface area contributed by atoms with E-state index in [1.165, 1.54) is 0 Å². The van der Waals surface area contributed by atoms with Gasteiger partial charge in [0.1, 0.15) is 11.8 Å². The third kappa shape index (κ3) is 2.45. The van der Waals surface area contributed by atoms with Gasteiger partial charge in [-0.05, 0) is 17.2 Å². The lowest BCUT2D eigenvalue weighted by molar-refractivity contribution is 0.151. The maximum absolute atomic E-state index is 9.34. The summed E-state index contributed by atoms with van der Waals surface area (Å²) in [5.74, 6) is 0.880. The Morgan fingerprint density at radius 3 is 2.55 bits per heavy atom. The van der Waals surface area contributed by atoms with E-state index in [1.807, 2.05) is 48.5 Å². The van der Waals surface area contributed by atoms with Crippen LogP contribution in [0, 0.1) is 11.3 Å². The van der Waals surface area contributed by atoms with Gasteiger partial charge in [-0.3, -0.25) is 5.32 Å². The van der Waals surface area contributed by atoms with Crippen LogP contribution in [0.1, 0.15) is 11.5 Å². The van der Waals surface area contributed by atoms with Crippen LogP contribution in [0.15, 0.2) is 48.5 Å². The van der Waals surface area contributed by atoms with Crippen LogP contribution < -0.4 is 10.1 Å². The molecule has 1 aliphatic heterocycles. The standard InChI is InChI=1S/C18H18N2O2/c1-22-17-5-3-2-4-14(17)12-6-8-13(9-7-12)18-15(10-19)20-16(18)11-21/h2-9,15-16,18,20-21H,11H2,1H3/t15-,16+,18-/m0/s1. The Hall–Kier alpha value is -2.35. The minimum absolute atomic E-state index is 0.0388. The van der Waals surface area contributed by atoms with Crippen molar-refractivity contribution in [1.29, 1.82) is 5.26 Å². The summed E-state index contributed by atoms with van der Waals surface area (Å²) in [4.78, 5) is 0. The number of benzene rings is 2. The number of nitrogens with zero attached hydrogens (tertiary/aromatic N) is 1. The van der Waals surface area contributed by atoms with Crippen LogP contribution >= 0.6 is 0 Å². The van der Waals surface area contributed by atoms with E-state index in [0.717, 1.165) is 22.4 Å². The number of hydrogen-bond donors (Lipinski definition) is 2. The fourth-order valence-electron chi connectivity index (χ4n) is 3.03. The fraction of sp³-hybridized carbons (Fsp3) is 0.278. The molecule has 4 nitrogen and oxygen atoms in total. The number of rotatable bonds is 4. The first-order valence-corrected chi connectivity index (χ1v) is 7.28. The van der Waals surface area contributed by atoms with Gasteiger partial charge in [-0.15, -0.1) is 0 Å².